The zero-order valence-electron chi connectivity index (χ0n) is 17.1. The van der Waals surface area contributed by atoms with Crippen molar-refractivity contribution in [3.63, 3.8) is 0 Å². The molecule has 0 aromatic carbocycles. The highest BCUT2D eigenvalue weighted by molar-refractivity contribution is 5.93. The lowest BCUT2D eigenvalue weighted by Gasteiger charge is -2.11. The van der Waals surface area contributed by atoms with E-state index in [1.165, 1.54) is 11.0 Å². The second-order valence-corrected chi connectivity index (χ2v) is 7.14. The van der Waals surface area contributed by atoms with Gasteiger partial charge >= 0.3 is 0 Å². The van der Waals surface area contributed by atoms with Crippen molar-refractivity contribution >= 4 is 17.1 Å². The van der Waals surface area contributed by atoms with Crippen molar-refractivity contribution in [2.45, 2.75) is 26.4 Å². The molecule has 0 spiro atoms. The molecule has 0 saturated heterocycles. The van der Waals surface area contributed by atoms with Crippen molar-refractivity contribution < 1.29 is 9.18 Å². The summed E-state index contributed by atoms with van der Waals surface area (Å²) in [5, 5.41) is 0. The molecule has 0 radical (unpaired) electrons. The van der Waals surface area contributed by atoms with E-state index in [1.54, 1.807) is 38.5 Å². The standard InChI is InChI=1S/C21H22FN7O/c1-4-11-29-16-9-8-15(21(30)27(2)3)25-19(16)26-18(29)13-28-12-10-23-20(28)14-6-5-7-17(22)24-14/h5-10,12H,4,11,13H2,1-3H3. The summed E-state index contributed by atoms with van der Waals surface area (Å²) in [5.74, 6) is 0.616. The van der Waals surface area contributed by atoms with Crippen LogP contribution in [0.1, 0.15) is 29.7 Å². The third kappa shape index (κ3) is 3.66. The minimum Gasteiger partial charge on any atom is -0.343 e. The number of aromatic nitrogens is 6. The highest BCUT2D eigenvalue weighted by atomic mass is 19.1. The van der Waals surface area contributed by atoms with Gasteiger partial charge in [-0.3, -0.25) is 4.79 Å². The first kappa shape index (κ1) is 19.7. The van der Waals surface area contributed by atoms with Gasteiger partial charge in [0, 0.05) is 33.0 Å². The number of nitrogens with zero attached hydrogens (tertiary/aromatic N) is 7. The number of carbonyl (C=O) groups excluding carboxylic acids is 1. The van der Waals surface area contributed by atoms with Gasteiger partial charge in [0.25, 0.3) is 5.91 Å². The summed E-state index contributed by atoms with van der Waals surface area (Å²) in [4.78, 5) is 31.2. The number of imidazole rings is 2. The summed E-state index contributed by atoms with van der Waals surface area (Å²) in [6, 6.07) is 8.24. The molecule has 0 fully saturated rings. The fraction of sp³-hybridized carbons (Fsp3) is 0.286. The van der Waals surface area contributed by atoms with E-state index in [9.17, 15) is 9.18 Å². The Morgan fingerprint density at radius 2 is 1.97 bits per heavy atom. The van der Waals surface area contributed by atoms with Crippen molar-refractivity contribution in [3.05, 3.63) is 60.2 Å². The van der Waals surface area contributed by atoms with Crippen LogP contribution >= 0.6 is 0 Å². The van der Waals surface area contributed by atoms with Gasteiger partial charge in [-0.2, -0.15) is 4.39 Å². The van der Waals surface area contributed by atoms with E-state index in [0.717, 1.165) is 24.3 Å². The minimum absolute atomic E-state index is 0.169. The lowest BCUT2D eigenvalue weighted by Crippen LogP contribution is -2.22. The molecular formula is C21H22FN7O. The zero-order valence-corrected chi connectivity index (χ0v) is 17.1. The van der Waals surface area contributed by atoms with Crippen molar-refractivity contribution in [1.29, 1.82) is 0 Å². The Bertz CT molecular complexity index is 1210. The highest BCUT2D eigenvalue weighted by Crippen LogP contribution is 2.20. The van der Waals surface area contributed by atoms with Crippen LogP contribution < -0.4 is 0 Å². The minimum atomic E-state index is -0.553. The van der Waals surface area contributed by atoms with Crippen molar-refractivity contribution in [1.82, 2.24) is 34.0 Å². The molecule has 0 N–H and O–H groups in total. The molecular weight excluding hydrogens is 385 g/mol. The van der Waals surface area contributed by atoms with E-state index in [0.29, 0.717) is 29.4 Å². The Morgan fingerprint density at radius 3 is 2.70 bits per heavy atom. The summed E-state index contributed by atoms with van der Waals surface area (Å²) in [5.41, 5.74) is 2.20. The Morgan fingerprint density at radius 1 is 1.13 bits per heavy atom. The summed E-state index contributed by atoms with van der Waals surface area (Å²) in [7, 11) is 3.38. The predicted octanol–water partition coefficient (Wildman–Crippen LogP) is 2.99. The average molecular weight is 407 g/mol. The van der Waals surface area contributed by atoms with Gasteiger partial charge in [0.05, 0.1) is 12.1 Å². The Labute approximate surface area is 173 Å². The Balaban J connectivity index is 1.75. The zero-order chi connectivity index (χ0) is 21.3. The largest absolute Gasteiger partial charge is 0.343 e. The van der Waals surface area contributed by atoms with Gasteiger partial charge in [0.1, 0.15) is 17.2 Å². The van der Waals surface area contributed by atoms with Crippen LogP contribution in [0.3, 0.4) is 0 Å². The maximum atomic E-state index is 13.6. The van der Waals surface area contributed by atoms with Gasteiger partial charge in [-0.05, 0) is 30.7 Å². The van der Waals surface area contributed by atoms with E-state index >= 15 is 0 Å². The van der Waals surface area contributed by atoms with Gasteiger partial charge in [-0.25, -0.2) is 19.9 Å². The molecule has 30 heavy (non-hydrogen) atoms. The van der Waals surface area contributed by atoms with Crippen LogP contribution in [0.15, 0.2) is 42.7 Å². The second kappa shape index (κ2) is 8.02. The summed E-state index contributed by atoms with van der Waals surface area (Å²) in [6.45, 7) is 3.27. The van der Waals surface area contributed by atoms with Crippen molar-refractivity contribution in [2.24, 2.45) is 0 Å². The van der Waals surface area contributed by atoms with Gasteiger partial charge in [0.15, 0.2) is 11.5 Å². The molecule has 0 atom stereocenters. The SMILES string of the molecule is CCCn1c(Cn2ccnc2-c2cccc(F)n2)nc2nc(C(=O)N(C)C)ccc21. The fourth-order valence-corrected chi connectivity index (χ4v) is 3.35. The van der Waals surface area contributed by atoms with Crippen LogP contribution in [-0.4, -0.2) is 54.0 Å². The molecule has 0 aliphatic carbocycles. The normalized spacial score (nSPS) is 11.2. The lowest BCUT2D eigenvalue weighted by molar-refractivity contribution is 0.0822. The van der Waals surface area contributed by atoms with Crippen LogP contribution in [0.5, 0.6) is 0 Å². The maximum absolute atomic E-state index is 13.6. The molecule has 4 rings (SSSR count). The first-order valence-electron chi connectivity index (χ1n) is 9.69. The molecule has 8 nitrogen and oxygen atoms in total. The van der Waals surface area contributed by atoms with Gasteiger partial charge in [-0.15, -0.1) is 0 Å². The maximum Gasteiger partial charge on any atom is 0.272 e. The molecule has 4 heterocycles. The van der Waals surface area contributed by atoms with E-state index < -0.39 is 5.95 Å². The number of amides is 1. The topological polar surface area (TPSA) is 81.7 Å². The molecule has 4 aromatic heterocycles. The lowest BCUT2D eigenvalue weighted by atomic mass is 10.3. The second-order valence-electron chi connectivity index (χ2n) is 7.14. The molecule has 0 aliphatic heterocycles. The van der Waals surface area contributed by atoms with E-state index in [-0.39, 0.29) is 5.91 Å². The van der Waals surface area contributed by atoms with Crippen LogP contribution in [0, 0.1) is 5.95 Å². The molecule has 4 aromatic rings. The molecule has 1 amide bonds. The molecule has 0 bridgehead atoms. The van der Waals surface area contributed by atoms with Gasteiger partial charge in [-0.1, -0.05) is 13.0 Å². The fourth-order valence-electron chi connectivity index (χ4n) is 3.35. The Kier molecular flexibility index (Phi) is 5.26. The van der Waals surface area contributed by atoms with Crippen LogP contribution in [0.2, 0.25) is 0 Å². The van der Waals surface area contributed by atoms with Crippen LogP contribution in [0.4, 0.5) is 4.39 Å². The number of hydrogen-bond donors (Lipinski definition) is 0. The number of aryl methyl sites for hydroxylation is 1. The van der Waals surface area contributed by atoms with E-state index in [4.69, 9.17) is 4.98 Å². The van der Waals surface area contributed by atoms with Crippen molar-refractivity contribution in [3.8, 4) is 11.5 Å². The molecule has 0 unspecified atom stereocenters. The number of pyridine rings is 2. The molecule has 0 saturated carbocycles. The van der Waals surface area contributed by atoms with Crippen molar-refractivity contribution in [2.75, 3.05) is 14.1 Å². The Hall–Kier alpha value is -3.62. The highest BCUT2D eigenvalue weighted by Gasteiger charge is 2.17. The first-order valence-corrected chi connectivity index (χ1v) is 9.69. The number of hydrogen-bond acceptors (Lipinski definition) is 5. The van der Waals surface area contributed by atoms with E-state index in [1.807, 2.05) is 16.8 Å². The molecule has 9 heteroatoms. The quantitative estimate of drug-likeness (QED) is 0.459. The number of halogens is 1. The third-order valence-electron chi connectivity index (χ3n) is 4.74. The monoisotopic (exact) mass is 407 g/mol. The predicted molar refractivity (Wildman–Crippen MR) is 110 cm³/mol. The smallest absolute Gasteiger partial charge is 0.272 e. The van der Waals surface area contributed by atoms with Crippen LogP contribution in [-0.2, 0) is 13.1 Å². The van der Waals surface area contributed by atoms with Crippen LogP contribution in [0.25, 0.3) is 22.7 Å². The number of rotatable bonds is 6. The number of fused-ring (bicyclic) bond motifs is 1. The average Bonchev–Trinajstić information content (AvgIpc) is 3.32. The van der Waals surface area contributed by atoms with Gasteiger partial charge < -0.3 is 14.0 Å². The molecule has 0 aliphatic rings. The summed E-state index contributed by atoms with van der Waals surface area (Å²) >= 11 is 0. The van der Waals surface area contributed by atoms with E-state index in [2.05, 4.69) is 26.4 Å². The third-order valence-corrected chi connectivity index (χ3v) is 4.74. The molecule has 154 valence electrons. The summed E-state index contributed by atoms with van der Waals surface area (Å²) < 4.78 is 17.5. The summed E-state index contributed by atoms with van der Waals surface area (Å²) in [6.07, 6.45) is 4.38. The van der Waals surface area contributed by atoms with Gasteiger partial charge in [0.2, 0.25) is 5.95 Å². The first-order chi connectivity index (χ1) is 14.5. The number of carbonyl (C=O) groups is 1.